The number of aryl methyl sites for hydroxylation is 2. The van der Waals surface area contributed by atoms with Gasteiger partial charge in [-0.15, -0.1) is 0 Å². The smallest absolute Gasteiger partial charge is 0.233 e. The lowest BCUT2D eigenvalue weighted by Gasteiger charge is -2.43. The summed E-state index contributed by atoms with van der Waals surface area (Å²) >= 11 is 5.45. The summed E-state index contributed by atoms with van der Waals surface area (Å²) in [5.41, 5.74) is 3.20. The minimum absolute atomic E-state index is 0.0345. The van der Waals surface area contributed by atoms with Gasteiger partial charge in [-0.05, 0) is 75.0 Å². The molecule has 2 amide bonds. The molecule has 3 atom stereocenters. The molecule has 2 fully saturated rings. The van der Waals surface area contributed by atoms with E-state index in [-0.39, 0.29) is 29.7 Å². The highest BCUT2D eigenvalue weighted by atomic mass is 32.1. The second-order valence-corrected chi connectivity index (χ2v) is 8.54. The first kappa shape index (κ1) is 20.8. The third-order valence-corrected chi connectivity index (χ3v) is 6.46. The van der Waals surface area contributed by atoms with Crippen molar-refractivity contribution in [1.29, 1.82) is 0 Å². The van der Waals surface area contributed by atoms with E-state index < -0.39 is 0 Å². The lowest BCUT2D eigenvalue weighted by molar-refractivity contribution is -0.137. The third kappa shape index (κ3) is 4.54. The van der Waals surface area contributed by atoms with Crippen molar-refractivity contribution < 1.29 is 9.59 Å². The van der Waals surface area contributed by atoms with E-state index in [1.807, 2.05) is 25.1 Å². The van der Waals surface area contributed by atoms with Crippen LogP contribution in [-0.4, -0.2) is 34.4 Å². The second kappa shape index (κ2) is 9.03. The maximum Gasteiger partial charge on any atom is 0.233 e. The van der Waals surface area contributed by atoms with Crippen LogP contribution in [0.2, 0.25) is 0 Å². The van der Waals surface area contributed by atoms with Crippen molar-refractivity contribution >= 4 is 34.8 Å². The molecule has 152 valence electrons. The van der Waals surface area contributed by atoms with Crippen molar-refractivity contribution in [2.24, 2.45) is 11.8 Å². The van der Waals surface area contributed by atoms with E-state index in [1.165, 1.54) is 5.56 Å². The largest absolute Gasteiger partial charge is 0.359 e. The monoisotopic (exact) mass is 401 g/mol. The average Bonchev–Trinajstić information content (AvgIpc) is 2.67. The highest BCUT2D eigenvalue weighted by Gasteiger charge is 2.43. The number of anilines is 1. The Kier molecular flexibility index (Phi) is 6.70. The summed E-state index contributed by atoms with van der Waals surface area (Å²) < 4.78 is 0. The molecule has 0 spiro atoms. The van der Waals surface area contributed by atoms with Crippen LogP contribution in [0, 0.1) is 25.7 Å². The molecule has 6 heteroatoms. The summed E-state index contributed by atoms with van der Waals surface area (Å²) in [6, 6.07) is 5.93. The number of hydrogen-bond donors (Lipinski definition) is 2. The molecule has 28 heavy (non-hydrogen) atoms. The molecule has 1 aromatic rings. The number of nitrogens with zero attached hydrogens (tertiary/aromatic N) is 1. The van der Waals surface area contributed by atoms with Crippen LogP contribution in [-0.2, 0) is 9.59 Å². The zero-order valence-electron chi connectivity index (χ0n) is 17.1. The molecule has 1 saturated carbocycles. The van der Waals surface area contributed by atoms with E-state index in [4.69, 9.17) is 12.2 Å². The van der Waals surface area contributed by atoms with Crippen LogP contribution >= 0.6 is 12.2 Å². The fourth-order valence-electron chi connectivity index (χ4n) is 4.20. The molecule has 0 radical (unpaired) electrons. The lowest BCUT2D eigenvalue weighted by atomic mass is 9.76. The maximum atomic E-state index is 12.9. The van der Waals surface area contributed by atoms with Gasteiger partial charge in [-0.25, -0.2) is 0 Å². The SMILES string of the molecule is CCCCCN1C(=O)C2CCC(C(=O)Nc3ccc(C)c(C)c3)CC2NC1=S. The Morgan fingerprint density at radius 2 is 2.04 bits per heavy atom. The van der Waals surface area contributed by atoms with E-state index >= 15 is 0 Å². The summed E-state index contributed by atoms with van der Waals surface area (Å²) in [6.45, 7) is 6.94. The molecule has 5 nitrogen and oxygen atoms in total. The Labute approximate surface area is 173 Å². The highest BCUT2D eigenvalue weighted by molar-refractivity contribution is 7.80. The Bertz CT molecular complexity index is 764. The van der Waals surface area contributed by atoms with Gasteiger partial charge in [0.2, 0.25) is 11.8 Å². The molecule has 2 aliphatic rings. The Morgan fingerprint density at radius 1 is 1.25 bits per heavy atom. The molecule has 0 bridgehead atoms. The number of benzene rings is 1. The average molecular weight is 402 g/mol. The number of carbonyl (C=O) groups is 2. The van der Waals surface area contributed by atoms with Crippen LogP contribution in [0.5, 0.6) is 0 Å². The van der Waals surface area contributed by atoms with Crippen LogP contribution in [0.1, 0.15) is 56.6 Å². The molecular formula is C22H31N3O2S. The molecule has 1 aliphatic carbocycles. The summed E-state index contributed by atoms with van der Waals surface area (Å²) in [6.07, 6.45) is 5.31. The van der Waals surface area contributed by atoms with Gasteiger partial charge in [-0.1, -0.05) is 25.8 Å². The number of carbonyl (C=O) groups excluding carboxylic acids is 2. The zero-order chi connectivity index (χ0) is 20.3. The molecule has 1 aliphatic heterocycles. The topological polar surface area (TPSA) is 61.4 Å². The maximum absolute atomic E-state index is 12.9. The molecular weight excluding hydrogens is 370 g/mol. The predicted octanol–water partition coefficient (Wildman–Crippen LogP) is 3.93. The van der Waals surface area contributed by atoms with Gasteiger partial charge in [0, 0.05) is 24.2 Å². The van der Waals surface area contributed by atoms with Crippen molar-refractivity contribution in [3.05, 3.63) is 29.3 Å². The van der Waals surface area contributed by atoms with Gasteiger partial charge in [0.15, 0.2) is 5.11 Å². The minimum Gasteiger partial charge on any atom is -0.359 e. The highest BCUT2D eigenvalue weighted by Crippen LogP contribution is 2.34. The number of hydrogen-bond acceptors (Lipinski definition) is 3. The molecule has 1 aromatic carbocycles. The normalized spacial score (nSPS) is 24.5. The van der Waals surface area contributed by atoms with E-state index in [2.05, 4.69) is 24.5 Å². The number of thiocarbonyl (C=S) groups is 1. The summed E-state index contributed by atoms with van der Waals surface area (Å²) in [5.74, 6) is 0.00159. The van der Waals surface area contributed by atoms with Crippen LogP contribution in [0.25, 0.3) is 0 Å². The predicted molar refractivity (Wildman–Crippen MR) is 116 cm³/mol. The Morgan fingerprint density at radius 3 is 2.75 bits per heavy atom. The van der Waals surface area contributed by atoms with Crippen LogP contribution in [0.15, 0.2) is 18.2 Å². The minimum atomic E-state index is -0.0994. The summed E-state index contributed by atoms with van der Waals surface area (Å²) in [5, 5.41) is 6.92. The quantitative estimate of drug-likeness (QED) is 0.560. The van der Waals surface area contributed by atoms with Crippen molar-refractivity contribution in [2.75, 3.05) is 11.9 Å². The lowest BCUT2D eigenvalue weighted by Crippen LogP contribution is -2.61. The molecule has 2 N–H and O–H groups in total. The first-order chi connectivity index (χ1) is 13.4. The summed E-state index contributed by atoms with van der Waals surface area (Å²) in [4.78, 5) is 27.4. The summed E-state index contributed by atoms with van der Waals surface area (Å²) in [7, 11) is 0. The van der Waals surface area contributed by atoms with Crippen molar-refractivity contribution in [3.8, 4) is 0 Å². The molecule has 3 rings (SSSR count). The first-order valence-electron chi connectivity index (χ1n) is 10.4. The van der Waals surface area contributed by atoms with E-state index in [0.717, 1.165) is 43.4 Å². The number of unbranched alkanes of at least 4 members (excludes halogenated alkanes) is 2. The molecule has 1 heterocycles. The second-order valence-electron chi connectivity index (χ2n) is 8.16. The third-order valence-electron chi connectivity index (χ3n) is 6.12. The van der Waals surface area contributed by atoms with Crippen molar-refractivity contribution in [2.45, 2.75) is 65.3 Å². The Hall–Kier alpha value is -1.95. The first-order valence-corrected chi connectivity index (χ1v) is 10.8. The number of rotatable bonds is 6. The van der Waals surface area contributed by atoms with E-state index in [9.17, 15) is 9.59 Å². The van der Waals surface area contributed by atoms with Crippen LogP contribution in [0.4, 0.5) is 5.69 Å². The van der Waals surface area contributed by atoms with Crippen molar-refractivity contribution in [3.63, 3.8) is 0 Å². The number of amides is 2. The van der Waals surface area contributed by atoms with Gasteiger partial charge < -0.3 is 10.6 Å². The van der Waals surface area contributed by atoms with Crippen LogP contribution < -0.4 is 10.6 Å². The van der Waals surface area contributed by atoms with E-state index in [0.29, 0.717) is 18.1 Å². The molecule has 0 aromatic heterocycles. The Balaban J connectivity index is 1.60. The number of fused-ring (bicyclic) bond motifs is 1. The van der Waals surface area contributed by atoms with Gasteiger partial charge in [0.05, 0.1) is 5.92 Å². The fraction of sp³-hybridized carbons (Fsp3) is 0.591. The van der Waals surface area contributed by atoms with Crippen LogP contribution in [0.3, 0.4) is 0 Å². The van der Waals surface area contributed by atoms with Gasteiger partial charge in [-0.3, -0.25) is 14.5 Å². The molecule has 3 unspecified atom stereocenters. The van der Waals surface area contributed by atoms with Gasteiger partial charge >= 0.3 is 0 Å². The number of nitrogens with one attached hydrogen (secondary N) is 2. The zero-order valence-corrected chi connectivity index (χ0v) is 17.9. The van der Waals surface area contributed by atoms with Gasteiger partial charge in [-0.2, -0.15) is 0 Å². The van der Waals surface area contributed by atoms with E-state index in [1.54, 1.807) is 4.90 Å². The fourth-order valence-corrected chi connectivity index (χ4v) is 4.53. The standard InChI is InChI=1S/C22H31N3O2S/c1-4-5-6-11-25-21(27)18-10-8-16(13-19(18)24-22(25)28)20(26)23-17-9-7-14(2)15(3)12-17/h7,9,12,16,18-19H,4-6,8,10-11,13H2,1-3H3,(H,23,26)(H,24,28). The van der Waals surface area contributed by atoms with Crippen molar-refractivity contribution in [1.82, 2.24) is 10.2 Å². The van der Waals surface area contributed by atoms with Gasteiger partial charge in [0.25, 0.3) is 0 Å². The molecule has 1 saturated heterocycles. The van der Waals surface area contributed by atoms with Gasteiger partial charge in [0.1, 0.15) is 0 Å².